The van der Waals surface area contributed by atoms with E-state index in [-0.39, 0.29) is 22.8 Å². The van der Waals surface area contributed by atoms with Gasteiger partial charge in [0, 0.05) is 24.5 Å². The molecule has 23 heavy (non-hydrogen) atoms. The SMILES string of the molecule is COc1ccc(C(=O)C[N+]2=C(C)c3ccccc3CC2)cc1.[Br-]. The van der Waals surface area contributed by atoms with Gasteiger partial charge >= 0.3 is 0 Å². The van der Waals surface area contributed by atoms with Crippen LogP contribution in [0.25, 0.3) is 0 Å². The van der Waals surface area contributed by atoms with E-state index in [4.69, 9.17) is 4.74 Å². The highest BCUT2D eigenvalue weighted by Gasteiger charge is 2.24. The van der Waals surface area contributed by atoms with Gasteiger partial charge in [0.25, 0.3) is 0 Å². The zero-order valence-electron chi connectivity index (χ0n) is 13.4. The van der Waals surface area contributed by atoms with E-state index in [1.165, 1.54) is 16.8 Å². The Kier molecular flexibility index (Phi) is 5.72. The lowest BCUT2D eigenvalue weighted by atomic mass is 9.97. The van der Waals surface area contributed by atoms with Crippen molar-refractivity contribution in [3.63, 3.8) is 0 Å². The number of hydrogen-bond donors (Lipinski definition) is 0. The van der Waals surface area contributed by atoms with Gasteiger partial charge in [0.2, 0.25) is 12.3 Å². The first-order chi connectivity index (χ1) is 10.7. The topological polar surface area (TPSA) is 29.3 Å². The molecular weight excluding hydrogens is 354 g/mol. The van der Waals surface area contributed by atoms with Crippen LogP contribution in [0.5, 0.6) is 5.75 Å². The molecule has 0 atom stereocenters. The Bertz CT molecular complexity index is 735. The number of ketones is 1. The van der Waals surface area contributed by atoms with E-state index >= 15 is 0 Å². The van der Waals surface area contributed by atoms with Gasteiger partial charge in [0.15, 0.2) is 5.71 Å². The maximum absolute atomic E-state index is 12.5. The van der Waals surface area contributed by atoms with Crippen LogP contribution in [-0.4, -0.2) is 36.3 Å². The molecule has 1 heterocycles. The molecule has 2 aromatic carbocycles. The zero-order chi connectivity index (χ0) is 15.5. The second-order valence-corrected chi connectivity index (χ2v) is 5.57. The van der Waals surface area contributed by atoms with Crippen molar-refractivity contribution in [3.8, 4) is 5.75 Å². The van der Waals surface area contributed by atoms with Crippen molar-refractivity contribution >= 4 is 11.5 Å². The first-order valence-corrected chi connectivity index (χ1v) is 7.53. The van der Waals surface area contributed by atoms with Gasteiger partial charge in [-0.25, -0.2) is 4.58 Å². The number of ether oxygens (including phenoxy) is 1. The Morgan fingerprint density at radius 2 is 1.83 bits per heavy atom. The van der Waals surface area contributed by atoms with Crippen LogP contribution in [-0.2, 0) is 6.42 Å². The second kappa shape index (κ2) is 7.55. The van der Waals surface area contributed by atoms with Crippen molar-refractivity contribution < 1.29 is 31.1 Å². The Hall–Kier alpha value is -1.94. The summed E-state index contributed by atoms with van der Waals surface area (Å²) in [7, 11) is 1.63. The van der Waals surface area contributed by atoms with E-state index in [0.29, 0.717) is 6.54 Å². The molecule has 0 aliphatic carbocycles. The molecule has 0 aromatic heterocycles. The molecule has 2 aromatic rings. The molecule has 0 radical (unpaired) electrons. The van der Waals surface area contributed by atoms with Crippen molar-refractivity contribution in [1.29, 1.82) is 0 Å². The summed E-state index contributed by atoms with van der Waals surface area (Å²) in [5.41, 5.74) is 4.54. The van der Waals surface area contributed by atoms with Crippen LogP contribution in [0, 0.1) is 0 Å². The first kappa shape index (κ1) is 17.4. The summed E-state index contributed by atoms with van der Waals surface area (Å²) >= 11 is 0. The van der Waals surface area contributed by atoms with Crippen LogP contribution in [0.15, 0.2) is 48.5 Å². The number of benzene rings is 2. The molecule has 3 rings (SSSR count). The van der Waals surface area contributed by atoms with Crippen molar-refractivity contribution in [2.45, 2.75) is 13.3 Å². The minimum Gasteiger partial charge on any atom is -1.00 e. The Balaban J connectivity index is 0.00000192. The lowest BCUT2D eigenvalue weighted by Gasteiger charge is -2.16. The Morgan fingerprint density at radius 1 is 1.13 bits per heavy atom. The third-order valence-corrected chi connectivity index (χ3v) is 4.28. The molecule has 0 saturated carbocycles. The molecule has 1 aliphatic rings. The van der Waals surface area contributed by atoms with Gasteiger partial charge in [0.1, 0.15) is 12.3 Å². The zero-order valence-corrected chi connectivity index (χ0v) is 15.0. The number of carbonyl (C=O) groups excluding carboxylic acids is 1. The van der Waals surface area contributed by atoms with Crippen molar-refractivity contribution in [1.82, 2.24) is 0 Å². The number of Topliss-reactive ketones (excluding diaryl/α,β-unsaturated/α-hetero) is 1. The number of nitrogens with zero attached hydrogens (tertiary/aromatic N) is 1. The van der Waals surface area contributed by atoms with E-state index in [1.54, 1.807) is 7.11 Å². The molecule has 0 fully saturated rings. The van der Waals surface area contributed by atoms with E-state index in [2.05, 4.69) is 35.8 Å². The molecule has 120 valence electrons. The van der Waals surface area contributed by atoms with Gasteiger partial charge in [-0.15, -0.1) is 0 Å². The van der Waals surface area contributed by atoms with Gasteiger partial charge < -0.3 is 21.7 Å². The fourth-order valence-corrected chi connectivity index (χ4v) is 2.92. The van der Waals surface area contributed by atoms with Crippen LogP contribution in [0.3, 0.4) is 0 Å². The summed E-state index contributed by atoms with van der Waals surface area (Å²) in [6.45, 7) is 3.41. The van der Waals surface area contributed by atoms with Crippen molar-refractivity contribution in [2.75, 3.05) is 20.2 Å². The minimum absolute atomic E-state index is 0. The molecule has 0 amide bonds. The number of methoxy groups -OCH3 is 1. The maximum atomic E-state index is 12.5. The fraction of sp³-hybridized carbons (Fsp3) is 0.263. The number of carbonyl (C=O) groups is 1. The highest BCUT2D eigenvalue weighted by Crippen LogP contribution is 2.16. The first-order valence-electron chi connectivity index (χ1n) is 7.53. The van der Waals surface area contributed by atoms with Crippen LogP contribution in [0.2, 0.25) is 0 Å². The van der Waals surface area contributed by atoms with Crippen LogP contribution < -0.4 is 21.7 Å². The smallest absolute Gasteiger partial charge is 0.227 e. The maximum Gasteiger partial charge on any atom is 0.227 e. The molecular formula is C19H20BrNO2. The standard InChI is InChI=1S/C19H20NO2.BrH/c1-14-18-6-4-3-5-15(18)11-12-20(14)13-19(21)16-7-9-17(22-2)10-8-16;/h3-10H,11-13H2,1-2H3;1H/q+1;/p-1. The minimum atomic E-state index is 0. The second-order valence-electron chi connectivity index (χ2n) is 5.57. The molecule has 0 unspecified atom stereocenters. The van der Waals surface area contributed by atoms with Gasteiger partial charge in [-0.1, -0.05) is 18.2 Å². The molecule has 0 saturated heterocycles. The molecule has 3 nitrogen and oxygen atoms in total. The van der Waals surface area contributed by atoms with E-state index in [9.17, 15) is 4.79 Å². The molecule has 4 heteroatoms. The third-order valence-electron chi connectivity index (χ3n) is 4.28. The van der Waals surface area contributed by atoms with Crippen molar-refractivity contribution in [3.05, 3.63) is 65.2 Å². The van der Waals surface area contributed by atoms with Gasteiger partial charge in [0.05, 0.1) is 7.11 Å². The van der Waals surface area contributed by atoms with E-state index in [1.807, 2.05) is 24.3 Å². The Labute approximate surface area is 147 Å². The van der Waals surface area contributed by atoms with E-state index < -0.39 is 0 Å². The number of hydrogen-bond acceptors (Lipinski definition) is 2. The quantitative estimate of drug-likeness (QED) is 0.555. The molecule has 1 aliphatic heterocycles. The summed E-state index contributed by atoms with van der Waals surface area (Å²) in [4.78, 5) is 12.5. The fourth-order valence-electron chi connectivity index (χ4n) is 2.92. The summed E-state index contributed by atoms with van der Waals surface area (Å²) < 4.78 is 7.30. The van der Waals surface area contributed by atoms with Crippen LogP contribution >= 0.6 is 0 Å². The van der Waals surface area contributed by atoms with Crippen LogP contribution in [0.4, 0.5) is 0 Å². The monoisotopic (exact) mass is 373 g/mol. The predicted octanol–water partition coefficient (Wildman–Crippen LogP) is -0.0403. The average molecular weight is 374 g/mol. The van der Waals surface area contributed by atoms with E-state index in [0.717, 1.165) is 24.3 Å². The summed E-state index contributed by atoms with van der Waals surface area (Å²) in [5, 5.41) is 0. The van der Waals surface area contributed by atoms with Gasteiger partial charge in [-0.2, -0.15) is 0 Å². The summed E-state index contributed by atoms with van der Waals surface area (Å²) in [5.74, 6) is 0.910. The average Bonchev–Trinajstić information content (AvgIpc) is 2.57. The molecule has 0 spiro atoms. The van der Waals surface area contributed by atoms with Gasteiger partial charge in [-0.3, -0.25) is 4.79 Å². The highest BCUT2D eigenvalue weighted by molar-refractivity contribution is 6.00. The van der Waals surface area contributed by atoms with Crippen molar-refractivity contribution in [2.24, 2.45) is 0 Å². The normalized spacial score (nSPS) is 13.1. The summed E-state index contributed by atoms with van der Waals surface area (Å²) in [6, 6.07) is 15.7. The van der Waals surface area contributed by atoms with Crippen LogP contribution in [0.1, 0.15) is 28.4 Å². The highest BCUT2D eigenvalue weighted by atomic mass is 79.9. The lowest BCUT2D eigenvalue weighted by molar-refractivity contribution is -0.515. The lowest BCUT2D eigenvalue weighted by Crippen LogP contribution is -3.00. The van der Waals surface area contributed by atoms with Gasteiger partial charge in [-0.05, 0) is 35.9 Å². The largest absolute Gasteiger partial charge is 1.00 e. The number of rotatable bonds is 4. The number of fused-ring (bicyclic) bond motifs is 1. The molecule has 0 N–H and O–H groups in total. The summed E-state index contributed by atoms with van der Waals surface area (Å²) in [6.07, 6.45) is 0.989. The predicted molar refractivity (Wildman–Crippen MR) is 87.2 cm³/mol. The third kappa shape index (κ3) is 3.70. The Morgan fingerprint density at radius 3 is 2.52 bits per heavy atom. The molecule has 0 bridgehead atoms. The number of halogens is 1.